The molecular formula is C16H14N4S. The zero-order valence-electron chi connectivity index (χ0n) is 11.5. The van der Waals surface area contributed by atoms with E-state index in [0.29, 0.717) is 6.04 Å². The molecule has 3 aromatic rings. The van der Waals surface area contributed by atoms with E-state index in [-0.39, 0.29) is 6.04 Å². The number of anilines is 1. The maximum Gasteiger partial charge on any atom is 0.129 e. The average Bonchev–Trinajstić information content (AvgIpc) is 3.15. The zero-order chi connectivity index (χ0) is 14.2. The monoisotopic (exact) mass is 294 g/mol. The summed E-state index contributed by atoms with van der Waals surface area (Å²) < 4.78 is 0. The summed E-state index contributed by atoms with van der Waals surface area (Å²) in [6.07, 6.45) is 5.52. The van der Waals surface area contributed by atoms with Gasteiger partial charge in [0.05, 0.1) is 6.04 Å². The lowest BCUT2D eigenvalue weighted by molar-refractivity contribution is 0.988. The number of rotatable bonds is 3. The SMILES string of the molecule is Cc1csc([C@@H]2[C@@H](c3ccncc3)N2c2ccccn2)n1. The minimum Gasteiger partial charge on any atom is -0.335 e. The van der Waals surface area contributed by atoms with Crippen molar-refractivity contribution in [2.24, 2.45) is 0 Å². The normalized spacial score (nSPS) is 20.5. The Morgan fingerprint density at radius 3 is 2.57 bits per heavy atom. The fourth-order valence-corrected chi connectivity index (χ4v) is 3.61. The Bertz CT molecular complexity index is 696. The summed E-state index contributed by atoms with van der Waals surface area (Å²) >= 11 is 1.72. The second-order valence-electron chi connectivity index (χ2n) is 5.09. The van der Waals surface area contributed by atoms with E-state index in [4.69, 9.17) is 0 Å². The second-order valence-corrected chi connectivity index (χ2v) is 5.98. The van der Waals surface area contributed by atoms with Gasteiger partial charge in [-0.1, -0.05) is 6.07 Å². The summed E-state index contributed by atoms with van der Waals surface area (Å²) in [4.78, 5) is 15.6. The van der Waals surface area contributed by atoms with Crippen LogP contribution in [-0.2, 0) is 0 Å². The molecule has 1 saturated heterocycles. The Hall–Kier alpha value is -2.27. The fraction of sp³-hybridized carbons (Fsp3) is 0.188. The van der Waals surface area contributed by atoms with Crippen LogP contribution in [0.5, 0.6) is 0 Å². The highest BCUT2D eigenvalue weighted by Crippen LogP contribution is 2.56. The maximum absolute atomic E-state index is 4.66. The first-order valence-electron chi connectivity index (χ1n) is 6.86. The number of hydrogen-bond donors (Lipinski definition) is 0. The third-order valence-electron chi connectivity index (χ3n) is 3.66. The van der Waals surface area contributed by atoms with Crippen LogP contribution in [0.2, 0.25) is 0 Å². The van der Waals surface area contributed by atoms with Gasteiger partial charge in [-0.2, -0.15) is 0 Å². The average molecular weight is 294 g/mol. The van der Waals surface area contributed by atoms with Gasteiger partial charge in [0.15, 0.2) is 0 Å². The van der Waals surface area contributed by atoms with Crippen molar-refractivity contribution in [2.45, 2.75) is 19.0 Å². The van der Waals surface area contributed by atoms with Crippen LogP contribution in [0.4, 0.5) is 5.82 Å². The van der Waals surface area contributed by atoms with Crippen molar-refractivity contribution in [2.75, 3.05) is 4.90 Å². The van der Waals surface area contributed by atoms with Crippen molar-refractivity contribution in [3.05, 3.63) is 70.6 Å². The van der Waals surface area contributed by atoms with Crippen LogP contribution in [0.3, 0.4) is 0 Å². The molecule has 4 rings (SSSR count). The molecule has 3 aromatic heterocycles. The molecule has 1 fully saturated rings. The molecule has 1 aliphatic rings. The molecule has 1 aliphatic heterocycles. The number of nitrogens with zero attached hydrogens (tertiary/aromatic N) is 4. The van der Waals surface area contributed by atoms with E-state index in [1.807, 2.05) is 37.6 Å². The predicted octanol–water partition coefficient (Wildman–Crippen LogP) is 3.54. The number of pyridine rings is 2. The van der Waals surface area contributed by atoms with Gasteiger partial charge in [-0.3, -0.25) is 4.98 Å². The minimum absolute atomic E-state index is 0.279. The molecule has 0 unspecified atom stereocenters. The van der Waals surface area contributed by atoms with E-state index in [0.717, 1.165) is 16.5 Å². The second kappa shape index (κ2) is 4.93. The molecule has 21 heavy (non-hydrogen) atoms. The van der Waals surface area contributed by atoms with E-state index in [1.165, 1.54) is 5.56 Å². The van der Waals surface area contributed by atoms with E-state index >= 15 is 0 Å². The summed E-state index contributed by atoms with van der Waals surface area (Å²) in [5.74, 6) is 0.997. The first-order valence-corrected chi connectivity index (χ1v) is 7.74. The summed E-state index contributed by atoms with van der Waals surface area (Å²) in [6, 6.07) is 10.7. The van der Waals surface area contributed by atoms with Gasteiger partial charge >= 0.3 is 0 Å². The first-order chi connectivity index (χ1) is 10.3. The lowest BCUT2D eigenvalue weighted by Gasteiger charge is -2.03. The van der Waals surface area contributed by atoms with Gasteiger partial charge in [0, 0.05) is 29.7 Å². The molecule has 104 valence electrons. The van der Waals surface area contributed by atoms with Gasteiger partial charge in [-0.15, -0.1) is 11.3 Å². The van der Waals surface area contributed by atoms with Crippen LogP contribution in [0.25, 0.3) is 0 Å². The molecule has 5 heteroatoms. The molecule has 4 heterocycles. The molecule has 0 bridgehead atoms. The quantitative estimate of drug-likeness (QED) is 0.693. The summed E-state index contributed by atoms with van der Waals surface area (Å²) in [6.45, 7) is 2.04. The smallest absolute Gasteiger partial charge is 0.129 e. The lowest BCUT2D eigenvalue weighted by Crippen LogP contribution is -1.97. The standard InChI is InChI=1S/C16H14N4S/c1-11-10-21-16(19-11)15-14(12-5-8-17-9-6-12)20(15)13-4-2-3-7-18-13/h2-10,14-15H,1H3/t14-,15+,20?/m1/s1. The zero-order valence-corrected chi connectivity index (χ0v) is 12.4. The highest BCUT2D eigenvalue weighted by Gasteiger charge is 2.52. The predicted molar refractivity (Wildman–Crippen MR) is 83.3 cm³/mol. The van der Waals surface area contributed by atoms with Gasteiger partial charge in [0.25, 0.3) is 0 Å². The van der Waals surface area contributed by atoms with Crippen molar-refractivity contribution in [3.63, 3.8) is 0 Å². The van der Waals surface area contributed by atoms with Crippen molar-refractivity contribution in [1.29, 1.82) is 0 Å². The fourth-order valence-electron chi connectivity index (χ4n) is 2.69. The number of aromatic nitrogens is 3. The van der Waals surface area contributed by atoms with E-state index in [9.17, 15) is 0 Å². The van der Waals surface area contributed by atoms with Gasteiger partial charge < -0.3 is 4.90 Å². The molecule has 0 radical (unpaired) electrons. The molecule has 2 atom stereocenters. The molecule has 0 spiro atoms. The maximum atomic E-state index is 4.66. The van der Waals surface area contributed by atoms with Crippen molar-refractivity contribution < 1.29 is 0 Å². The number of thiazole rings is 1. The van der Waals surface area contributed by atoms with E-state index in [1.54, 1.807) is 11.3 Å². The van der Waals surface area contributed by atoms with Crippen LogP contribution in [0.1, 0.15) is 28.3 Å². The molecule has 0 N–H and O–H groups in total. The topological polar surface area (TPSA) is 41.7 Å². The highest BCUT2D eigenvalue weighted by atomic mass is 32.1. The molecule has 0 aromatic carbocycles. The van der Waals surface area contributed by atoms with Crippen LogP contribution in [0.15, 0.2) is 54.3 Å². The minimum atomic E-state index is 0.279. The van der Waals surface area contributed by atoms with Gasteiger partial charge in [-0.05, 0) is 36.8 Å². The highest BCUT2D eigenvalue weighted by molar-refractivity contribution is 7.09. The summed E-state index contributed by atoms with van der Waals surface area (Å²) in [5.41, 5.74) is 2.34. The Labute approximate surface area is 127 Å². The molecule has 0 aliphatic carbocycles. The number of hydrogen-bond acceptors (Lipinski definition) is 5. The van der Waals surface area contributed by atoms with Gasteiger partial charge in [0.1, 0.15) is 16.9 Å². The Morgan fingerprint density at radius 1 is 1.05 bits per heavy atom. The Kier molecular flexibility index (Phi) is 2.93. The third-order valence-corrected chi connectivity index (χ3v) is 4.69. The summed E-state index contributed by atoms with van der Waals surface area (Å²) in [5, 5.41) is 3.26. The van der Waals surface area contributed by atoms with Crippen LogP contribution in [0, 0.1) is 6.92 Å². The van der Waals surface area contributed by atoms with Crippen molar-refractivity contribution in [1.82, 2.24) is 15.0 Å². The molecule has 0 amide bonds. The van der Waals surface area contributed by atoms with Crippen molar-refractivity contribution in [3.8, 4) is 0 Å². The Balaban J connectivity index is 1.73. The molecule has 4 nitrogen and oxygen atoms in total. The number of aryl methyl sites for hydroxylation is 1. The van der Waals surface area contributed by atoms with Crippen LogP contribution >= 0.6 is 11.3 Å². The lowest BCUT2D eigenvalue weighted by atomic mass is 10.1. The van der Waals surface area contributed by atoms with Crippen LogP contribution in [-0.4, -0.2) is 15.0 Å². The van der Waals surface area contributed by atoms with E-state index < -0.39 is 0 Å². The summed E-state index contributed by atoms with van der Waals surface area (Å²) in [7, 11) is 0. The Morgan fingerprint density at radius 2 is 1.90 bits per heavy atom. The third kappa shape index (κ3) is 2.19. The van der Waals surface area contributed by atoms with Gasteiger partial charge in [0.2, 0.25) is 0 Å². The van der Waals surface area contributed by atoms with Crippen molar-refractivity contribution >= 4 is 17.2 Å². The van der Waals surface area contributed by atoms with Gasteiger partial charge in [-0.25, -0.2) is 9.97 Å². The molecule has 0 saturated carbocycles. The largest absolute Gasteiger partial charge is 0.335 e. The van der Waals surface area contributed by atoms with Crippen LogP contribution < -0.4 is 4.90 Å². The molecular weight excluding hydrogens is 280 g/mol. The first kappa shape index (κ1) is 12.5. The van der Waals surface area contributed by atoms with E-state index in [2.05, 4.69) is 43.4 Å².